The van der Waals surface area contributed by atoms with E-state index in [0.717, 1.165) is 4.90 Å². The van der Waals surface area contributed by atoms with Crippen molar-refractivity contribution in [3.63, 3.8) is 0 Å². The average molecular weight is 384 g/mol. The minimum absolute atomic E-state index is 0.0255. The van der Waals surface area contributed by atoms with Crippen molar-refractivity contribution < 1.29 is 23.8 Å². The molecule has 0 aliphatic carbocycles. The van der Waals surface area contributed by atoms with E-state index in [1.165, 1.54) is 30.3 Å². The van der Waals surface area contributed by atoms with Crippen molar-refractivity contribution in [2.45, 2.75) is 6.10 Å². The fourth-order valence-electron chi connectivity index (χ4n) is 2.46. The van der Waals surface area contributed by atoms with Crippen LogP contribution in [0.1, 0.15) is 20.7 Å². The minimum Gasteiger partial charge on any atom is -0.488 e. The van der Waals surface area contributed by atoms with E-state index in [2.05, 4.69) is 0 Å². The molecule has 2 amide bonds. The molecule has 1 aliphatic heterocycles. The van der Waals surface area contributed by atoms with Crippen LogP contribution in [0.15, 0.2) is 36.4 Å². The highest BCUT2D eigenvalue weighted by atomic mass is 35.5. The minimum atomic E-state index is -1.19. The zero-order chi connectivity index (χ0) is 18.1. The molecule has 130 valence electrons. The lowest BCUT2D eigenvalue weighted by atomic mass is 10.1. The molecule has 5 nitrogen and oxygen atoms in total. The molecule has 2 aromatic rings. The highest BCUT2D eigenvalue weighted by Crippen LogP contribution is 2.31. The maximum Gasteiger partial charge on any atom is 0.261 e. The Labute approximate surface area is 152 Å². The van der Waals surface area contributed by atoms with Crippen LogP contribution in [0.4, 0.5) is 4.39 Å². The second kappa shape index (κ2) is 7.00. The molecular formula is C17H12Cl2FNO4. The molecular weight excluding hydrogens is 372 g/mol. The summed E-state index contributed by atoms with van der Waals surface area (Å²) >= 11 is 11.7. The summed E-state index contributed by atoms with van der Waals surface area (Å²) in [4.78, 5) is 25.5. The number of ether oxygens (including phenoxy) is 1. The standard InChI is InChI=1S/C17H12Cl2FNO4/c18-12-5-10-11(6-13(12)19)17(24)21(16(10)23)7-9(22)8-25-15-4-2-1-3-14(15)20/h1-6,9,22H,7-8H2/t9-/m1/s1. The van der Waals surface area contributed by atoms with E-state index < -0.39 is 23.7 Å². The van der Waals surface area contributed by atoms with Gasteiger partial charge < -0.3 is 9.84 Å². The van der Waals surface area contributed by atoms with Crippen molar-refractivity contribution in [2.24, 2.45) is 0 Å². The Bertz CT molecular complexity index is 818. The lowest BCUT2D eigenvalue weighted by Crippen LogP contribution is -2.39. The number of aliphatic hydroxyl groups is 1. The number of fused-ring (bicyclic) bond motifs is 1. The fraction of sp³-hybridized carbons (Fsp3) is 0.176. The first-order chi connectivity index (χ1) is 11.9. The van der Waals surface area contributed by atoms with Crippen molar-refractivity contribution >= 4 is 35.0 Å². The number of hydrogen-bond donors (Lipinski definition) is 1. The lowest BCUT2D eigenvalue weighted by Gasteiger charge is -2.19. The van der Waals surface area contributed by atoms with Gasteiger partial charge in [-0.3, -0.25) is 14.5 Å². The molecule has 0 bridgehead atoms. The number of amides is 2. The van der Waals surface area contributed by atoms with Crippen LogP contribution in [0.2, 0.25) is 10.0 Å². The van der Waals surface area contributed by atoms with Crippen molar-refractivity contribution in [1.82, 2.24) is 4.90 Å². The first-order valence-electron chi connectivity index (χ1n) is 7.29. The molecule has 0 aromatic heterocycles. The van der Waals surface area contributed by atoms with Crippen molar-refractivity contribution in [1.29, 1.82) is 0 Å². The summed E-state index contributed by atoms with van der Waals surface area (Å²) in [5, 5.41) is 10.4. The van der Waals surface area contributed by atoms with Gasteiger partial charge in [-0.15, -0.1) is 0 Å². The third-order valence-corrected chi connectivity index (χ3v) is 4.39. The zero-order valence-electron chi connectivity index (χ0n) is 12.7. The SMILES string of the molecule is O=C1c2cc(Cl)c(Cl)cc2C(=O)N1C[C@@H](O)COc1ccccc1F. The number of aliphatic hydroxyl groups excluding tert-OH is 1. The number of nitrogens with zero attached hydrogens (tertiary/aromatic N) is 1. The molecule has 3 rings (SSSR count). The van der Waals surface area contributed by atoms with Gasteiger partial charge in [0.05, 0.1) is 27.7 Å². The molecule has 0 saturated carbocycles. The van der Waals surface area contributed by atoms with E-state index in [9.17, 15) is 19.1 Å². The van der Waals surface area contributed by atoms with Crippen LogP contribution in [-0.2, 0) is 0 Å². The van der Waals surface area contributed by atoms with Crippen LogP contribution in [0.25, 0.3) is 0 Å². The molecule has 0 radical (unpaired) electrons. The maximum absolute atomic E-state index is 13.5. The Balaban J connectivity index is 1.68. The van der Waals surface area contributed by atoms with Gasteiger partial charge in [-0.1, -0.05) is 35.3 Å². The van der Waals surface area contributed by atoms with E-state index in [1.807, 2.05) is 0 Å². The predicted octanol–water partition coefficient (Wildman–Crippen LogP) is 3.17. The normalized spacial score (nSPS) is 14.6. The molecule has 0 saturated heterocycles. The van der Waals surface area contributed by atoms with E-state index >= 15 is 0 Å². The Kier molecular flexibility index (Phi) is 4.94. The first kappa shape index (κ1) is 17.7. The van der Waals surface area contributed by atoms with E-state index in [1.54, 1.807) is 6.07 Å². The van der Waals surface area contributed by atoms with E-state index in [-0.39, 0.29) is 40.1 Å². The van der Waals surface area contributed by atoms with Crippen LogP contribution in [0.5, 0.6) is 5.75 Å². The van der Waals surface area contributed by atoms with Gasteiger partial charge in [-0.05, 0) is 24.3 Å². The number of para-hydroxylation sites is 1. The Morgan fingerprint density at radius 1 is 1.08 bits per heavy atom. The van der Waals surface area contributed by atoms with E-state index in [4.69, 9.17) is 27.9 Å². The van der Waals surface area contributed by atoms with Crippen LogP contribution in [-0.4, -0.2) is 41.1 Å². The van der Waals surface area contributed by atoms with Crippen molar-refractivity contribution in [3.05, 3.63) is 63.4 Å². The Morgan fingerprint density at radius 2 is 1.64 bits per heavy atom. The molecule has 1 aliphatic rings. The van der Waals surface area contributed by atoms with Gasteiger partial charge >= 0.3 is 0 Å². The van der Waals surface area contributed by atoms with Crippen LogP contribution >= 0.6 is 23.2 Å². The van der Waals surface area contributed by atoms with Gasteiger partial charge in [-0.25, -0.2) is 4.39 Å². The first-order valence-corrected chi connectivity index (χ1v) is 8.04. The maximum atomic E-state index is 13.5. The number of imide groups is 1. The number of benzene rings is 2. The highest BCUT2D eigenvalue weighted by molar-refractivity contribution is 6.43. The van der Waals surface area contributed by atoms with Gasteiger partial charge in [0.25, 0.3) is 11.8 Å². The van der Waals surface area contributed by atoms with Gasteiger partial charge in [0.2, 0.25) is 0 Å². The number of β-amino-alcohol motifs (C(OH)–C–C–N with tert-alkyl or cyclic N) is 1. The molecule has 8 heteroatoms. The van der Waals surface area contributed by atoms with Crippen LogP contribution in [0, 0.1) is 5.82 Å². The highest BCUT2D eigenvalue weighted by Gasteiger charge is 2.37. The lowest BCUT2D eigenvalue weighted by molar-refractivity contribution is 0.0452. The van der Waals surface area contributed by atoms with Crippen LogP contribution in [0.3, 0.4) is 0 Å². The summed E-state index contributed by atoms with van der Waals surface area (Å²) in [6.07, 6.45) is -1.19. The van der Waals surface area contributed by atoms with Crippen molar-refractivity contribution in [2.75, 3.05) is 13.2 Å². The Morgan fingerprint density at radius 3 is 2.20 bits per heavy atom. The van der Waals surface area contributed by atoms with Crippen LogP contribution < -0.4 is 4.74 Å². The van der Waals surface area contributed by atoms with Gasteiger partial charge in [0.1, 0.15) is 12.7 Å². The fourth-order valence-corrected chi connectivity index (χ4v) is 2.79. The quantitative estimate of drug-likeness (QED) is 0.805. The molecule has 1 heterocycles. The number of carbonyl (C=O) groups is 2. The predicted molar refractivity (Wildman–Crippen MR) is 89.7 cm³/mol. The number of rotatable bonds is 5. The molecule has 25 heavy (non-hydrogen) atoms. The second-order valence-corrected chi connectivity index (χ2v) is 6.24. The summed E-state index contributed by atoms with van der Waals surface area (Å²) in [6, 6.07) is 8.37. The van der Waals surface area contributed by atoms with Gasteiger partial charge in [0, 0.05) is 0 Å². The molecule has 0 spiro atoms. The smallest absolute Gasteiger partial charge is 0.261 e. The molecule has 0 unspecified atom stereocenters. The number of hydrogen-bond acceptors (Lipinski definition) is 4. The monoisotopic (exact) mass is 383 g/mol. The van der Waals surface area contributed by atoms with Gasteiger partial charge in [-0.2, -0.15) is 0 Å². The third-order valence-electron chi connectivity index (χ3n) is 3.67. The third kappa shape index (κ3) is 3.46. The second-order valence-electron chi connectivity index (χ2n) is 5.43. The molecule has 1 atom stereocenters. The topological polar surface area (TPSA) is 66.8 Å². The number of carbonyl (C=O) groups excluding carboxylic acids is 2. The number of halogens is 3. The van der Waals surface area contributed by atoms with Gasteiger partial charge in [0.15, 0.2) is 11.6 Å². The summed E-state index contributed by atoms with van der Waals surface area (Å²) in [6.45, 7) is -0.577. The largest absolute Gasteiger partial charge is 0.488 e. The molecule has 0 fully saturated rings. The summed E-state index contributed by atoms with van der Waals surface area (Å²) in [5.41, 5.74) is 0.253. The summed E-state index contributed by atoms with van der Waals surface area (Å²) in [7, 11) is 0. The van der Waals surface area contributed by atoms with E-state index in [0.29, 0.717) is 0 Å². The zero-order valence-corrected chi connectivity index (χ0v) is 14.2. The average Bonchev–Trinajstić information content (AvgIpc) is 2.79. The van der Waals surface area contributed by atoms with Crippen molar-refractivity contribution in [3.8, 4) is 5.75 Å². The summed E-state index contributed by atoms with van der Waals surface area (Å²) in [5.74, 6) is -1.76. The Hall–Kier alpha value is -2.15. The summed E-state index contributed by atoms with van der Waals surface area (Å²) < 4.78 is 18.7. The molecule has 2 aromatic carbocycles. The molecule has 1 N–H and O–H groups in total.